The van der Waals surface area contributed by atoms with Gasteiger partial charge >= 0.3 is 5.97 Å². The first kappa shape index (κ1) is 35.0. The van der Waals surface area contributed by atoms with E-state index in [2.05, 4.69) is 31.5 Å². The number of hydrogen-bond donors (Lipinski definition) is 4. The number of pyridine rings is 3. The summed E-state index contributed by atoms with van der Waals surface area (Å²) in [6.45, 7) is 7.81. The molecule has 7 rings (SSSR count). The van der Waals surface area contributed by atoms with Crippen molar-refractivity contribution in [3.63, 3.8) is 0 Å². The summed E-state index contributed by atoms with van der Waals surface area (Å²) in [6.07, 6.45) is 6.35. The van der Waals surface area contributed by atoms with Gasteiger partial charge in [0.15, 0.2) is 5.82 Å². The third-order valence-electron chi connectivity index (χ3n) is 10.3. The van der Waals surface area contributed by atoms with E-state index in [1.165, 1.54) is 4.57 Å². The molecule has 2 unspecified atom stereocenters. The van der Waals surface area contributed by atoms with E-state index in [4.69, 9.17) is 4.98 Å². The first-order valence-electron chi connectivity index (χ1n) is 17.6. The van der Waals surface area contributed by atoms with Gasteiger partial charge in [0.2, 0.25) is 0 Å². The monoisotopic (exact) mass is 701 g/mol. The molecule has 2 aliphatic rings. The molecule has 12 nitrogen and oxygen atoms in total. The zero-order valence-electron chi connectivity index (χ0n) is 29.6. The van der Waals surface area contributed by atoms with Crippen molar-refractivity contribution in [2.24, 2.45) is 13.0 Å². The van der Waals surface area contributed by atoms with Gasteiger partial charge in [-0.3, -0.25) is 29.2 Å². The largest absolute Gasteiger partial charge is 0.481 e. The number of nitrogens with zero attached hydrogens (tertiary/aromatic N) is 5. The molecule has 2 atom stereocenters. The van der Waals surface area contributed by atoms with Gasteiger partial charge in [-0.15, -0.1) is 0 Å². The molecule has 0 radical (unpaired) electrons. The van der Waals surface area contributed by atoms with E-state index in [9.17, 15) is 24.6 Å². The van der Waals surface area contributed by atoms with Crippen LogP contribution >= 0.6 is 0 Å². The Labute approximate surface area is 301 Å². The zero-order chi connectivity index (χ0) is 36.5. The number of hydrogen-bond acceptors (Lipinski definition) is 9. The van der Waals surface area contributed by atoms with E-state index in [-0.39, 0.29) is 23.1 Å². The Kier molecular flexibility index (Phi) is 9.87. The molecule has 4 N–H and O–H groups in total. The standard InChI is InChI=1S/C40H43N7O5/c1-24-31(6-4-8-34(24)43-37-36-28(10-13-41-37)16-26(18-42-36)20-46-14-11-29(22-46)40(51)52)32-7-5-9-35(25(32)2)44-38(49)33-17-27(19-45(3)39(33)50)21-47-15-12-30(48)23-47/h4-10,13,16-19,29-30,48H,11-12,14-15,20-23H2,1-3H3,(H,41,43)(H,44,49)(H,51,52). The quantitative estimate of drug-likeness (QED) is 0.155. The molecule has 2 fully saturated rings. The number of amides is 1. The van der Waals surface area contributed by atoms with Crippen LogP contribution in [0.25, 0.3) is 22.0 Å². The van der Waals surface area contributed by atoms with Crippen LogP contribution in [-0.4, -0.2) is 78.7 Å². The highest BCUT2D eigenvalue weighted by Gasteiger charge is 2.28. The Morgan fingerprint density at radius 1 is 0.885 bits per heavy atom. The number of likely N-dealkylation sites (tertiary alicyclic amines) is 2. The highest BCUT2D eigenvalue weighted by atomic mass is 16.4. The number of benzene rings is 2. The number of aliphatic carboxylic acids is 1. The summed E-state index contributed by atoms with van der Waals surface area (Å²) in [7, 11) is 1.65. The van der Waals surface area contributed by atoms with Crippen LogP contribution in [-0.2, 0) is 24.9 Å². The number of anilines is 3. The summed E-state index contributed by atoms with van der Waals surface area (Å²) < 4.78 is 1.44. The van der Waals surface area contributed by atoms with E-state index >= 15 is 0 Å². The number of carboxylic acid groups (broad SMARTS) is 1. The van der Waals surface area contributed by atoms with E-state index < -0.39 is 11.9 Å². The van der Waals surface area contributed by atoms with Crippen molar-refractivity contribution in [3.8, 4) is 11.1 Å². The van der Waals surface area contributed by atoms with Crippen LogP contribution in [0.5, 0.6) is 0 Å². The fourth-order valence-electron chi connectivity index (χ4n) is 7.41. The Morgan fingerprint density at radius 2 is 1.58 bits per heavy atom. The fourth-order valence-corrected chi connectivity index (χ4v) is 7.41. The molecule has 1 amide bonds. The van der Waals surface area contributed by atoms with E-state index in [1.807, 2.05) is 62.5 Å². The Bertz CT molecular complexity index is 2230. The Morgan fingerprint density at radius 3 is 2.29 bits per heavy atom. The molecule has 0 saturated carbocycles. The third kappa shape index (κ3) is 7.31. The van der Waals surface area contributed by atoms with Crippen molar-refractivity contribution in [2.75, 3.05) is 36.8 Å². The molecule has 2 aromatic carbocycles. The van der Waals surface area contributed by atoms with Crippen molar-refractivity contribution >= 4 is 40.0 Å². The van der Waals surface area contributed by atoms with Crippen LogP contribution < -0.4 is 16.2 Å². The van der Waals surface area contributed by atoms with Gasteiger partial charge in [0.05, 0.1) is 12.0 Å². The second-order valence-electron chi connectivity index (χ2n) is 14.0. The SMILES string of the molecule is Cc1c(NC(=O)c2cc(CN3CCC(O)C3)cn(C)c2=O)cccc1-c1cccc(Nc2nccc3cc(CN4CCC(C(=O)O)C4)cnc23)c1C. The maximum absolute atomic E-state index is 13.6. The molecule has 0 aliphatic carbocycles. The fraction of sp³-hybridized carbons (Fsp3) is 0.325. The number of carboxylic acids is 1. The van der Waals surface area contributed by atoms with Crippen LogP contribution in [0.4, 0.5) is 17.2 Å². The highest BCUT2D eigenvalue weighted by Crippen LogP contribution is 2.35. The van der Waals surface area contributed by atoms with Gasteiger partial charge in [-0.2, -0.15) is 0 Å². The number of rotatable bonds is 10. The van der Waals surface area contributed by atoms with Gasteiger partial charge in [0.1, 0.15) is 11.1 Å². The van der Waals surface area contributed by atoms with Crippen molar-refractivity contribution in [3.05, 3.63) is 111 Å². The molecule has 0 bridgehead atoms. The highest BCUT2D eigenvalue weighted by molar-refractivity contribution is 6.05. The summed E-state index contributed by atoms with van der Waals surface area (Å²) >= 11 is 0. The van der Waals surface area contributed by atoms with Gasteiger partial charge < -0.3 is 25.4 Å². The number of aliphatic hydroxyl groups excluding tert-OH is 1. The molecule has 2 saturated heterocycles. The maximum atomic E-state index is 13.6. The summed E-state index contributed by atoms with van der Waals surface area (Å²) in [4.78, 5) is 51.7. The maximum Gasteiger partial charge on any atom is 0.307 e. The lowest BCUT2D eigenvalue weighted by molar-refractivity contribution is -0.141. The minimum absolute atomic E-state index is 0.0677. The minimum Gasteiger partial charge on any atom is -0.481 e. The van der Waals surface area contributed by atoms with Crippen LogP contribution in [0.3, 0.4) is 0 Å². The minimum atomic E-state index is -0.739. The smallest absolute Gasteiger partial charge is 0.307 e. The van der Waals surface area contributed by atoms with Crippen LogP contribution in [0.2, 0.25) is 0 Å². The molecule has 5 aromatic rings. The van der Waals surface area contributed by atoms with Crippen LogP contribution in [0.1, 0.15) is 45.5 Å². The lowest BCUT2D eigenvalue weighted by atomic mass is 9.94. The summed E-state index contributed by atoms with van der Waals surface area (Å²) in [6, 6.07) is 17.4. The van der Waals surface area contributed by atoms with Gasteiger partial charge in [0.25, 0.3) is 11.5 Å². The van der Waals surface area contributed by atoms with Crippen LogP contribution in [0, 0.1) is 19.8 Å². The third-order valence-corrected chi connectivity index (χ3v) is 10.3. The summed E-state index contributed by atoms with van der Waals surface area (Å²) in [5.74, 6) is -0.910. The van der Waals surface area contributed by atoms with Gasteiger partial charge in [0, 0.05) is 75.1 Å². The van der Waals surface area contributed by atoms with Crippen LogP contribution in [0.15, 0.2) is 78.0 Å². The molecule has 268 valence electrons. The van der Waals surface area contributed by atoms with E-state index in [1.54, 1.807) is 25.5 Å². The van der Waals surface area contributed by atoms with Crippen molar-refractivity contribution < 1.29 is 19.8 Å². The molecule has 52 heavy (non-hydrogen) atoms. The molecule has 2 aliphatic heterocycles. The molecular weight excluding hydrogens is 658 g/mol. The number of carbonyl (C=O) groups is 2. The average Bonchev–Trinajstić information content (AvgIpc) is 3.77. The normalized spacial score (nSPS) is 17.8. The lowest BCUT2D eigenvalue weighted by Crippen LogP contribution is -2.29. The van der Waals surface area contributed by atoms with Gasteiger partial charge in [-0.25, -0.2) is 4.98 Å². The molecular formula is C40H43N7O5. The number of aromatic nitrogens is 3. The van der Waals surface area contributed by atoms with Crippen molar-refractivity contribution in [2.45, 2.75) is 45.9 Å². The second-order valence-corrected chi connectivity index (χ2v) is 14.0. The second kappa shape index (κ2) is 14.7. The Balaban J connectivity index is 1.10. The van der Waals surface area contributed by atoms with Gasteiger partial charge in [-0.05, 0) is 96.9 Å². The Hall–Kier alpha value is -5.43. The average molecular weight is 702 g/mol. The predicted molar refractivity (Wildman–Crippen MR) is 201 cm³/mol. The predicted octanol–water partition coefficient (Wildman–Crippen LogP) is 5.08. The van der Waals surface area contributed by atoms with Crippen molar-refractivity contribution in [1.29, 1.82) is 0 Å². The van der Waals surface area contributed by atoms with E-state index in [0.29, 0.717) is 50.5 Å². The first-order valence-corrected chi connectivity index (χ1v) is 17.6. The van der Waals surface area contributed by atoms with Gasteiger partial charge in [-0.1, -0.05) is 24.3 Å². The van der Waals surface area contributed by atoms with E-state index in [0.717, 1.165) is 63.1 Å². The van der Waals surface area contributed by atoms with Crippen molar-refractivity contribution in [1.82, 2.24) is 24.3 Å². The summed E-state index contributed by atoms with van der Waals surface area (Å²) in [5.41, 5.74) is 7.51. The lowest BCUT2D eigenvalue weighted by Gasteiger charge is -2.18. The molecule has 12 heteroatoms. The number of fused-ring (bicyclic) bond motifs is 1. The number of aryl methyl sites for hydroxylation is 1. The number of nitrogens with one attached hydrogen (secondary N) is 2. The molecule has 5 heterocycles. The summed E-state index contributed by atoms with van der Waals surface area (Å²) in [5, 5.41) is 26.7. The number of carbonyl (C=O) groups excluding carboxylic acids is 1. The first-order chi connectivity index (χ1) is 25.0. The zero-order valence-corrected chi connectivity index (χ0v) is 29.6. The molecule has 3 aromatic heterocycles. The number of β-amino-alcohol motifs (C(OH)–C–C–N with tert-alkyl or cyclic N) is 1. The topological polar surface area (TPSA) is 153 Å². The number of aliphatic hydroxyl groups is 1. The molecule has 0 spiro atoms.